The van der Waals surface area contributed by atoms with E-state index in [1.807, 2.05) is 20.8 Å². The van der Waals surface area contributed by atoms with Gasteiger partial charge in [-0.2, -0.15) is 0 Å². The van der Waals surface area contributed by atoms with Crippen molar-refractivity contribution in [3.8, 4) is 0 Å². The summed E-state index contributed by atoms with van der Waals surface area (Å²) in [6.45, 7) is 5.67. The molecule has 3 fully saturated rings. The van der Waals surface area contributed by atoms with Gasteiger partial charge in [-0.1, -0.05) is 26.8 Å². The zero-order valence-electron chi connectivity index (χ0n) is 16.4. The Morgan fingerprint density at radius 2 is 1.93 bits per heavy atom. The second-order valence-corrected chi connectivity index (χ2v) is 9.75. The number of allylic oxidation sites excluding steroid dienone is 4. The smallest absolute Gasteiger partial charge is 0.372 e. The number of rotatable bonds is 2. The van der Waals surface area contributed by atoms with Crippen LogP contribution in [0.15, 0.2) is 23.8 Å². The van der Waals surface area contributed by atoms with Gasteiger partial charge in [-0.15, -0.1) is 0 Å². The Hall–Kier alpha value is -1.82. The van der Waals surface area contributed by atoms with Crippen molar-refractivity contribution in [1.82, 2.24) is 0 Å². The molecule has 4 rings (SSSR count). The normalized spacial score (nSPS) is 49.7. The summed E-state index contributed by atoms with van der Waals surface area (Å²) < 4.78 is 15.2. The van der Waals surface area contributed by atoms with Gasteiger partial charge in [0.1, 0.15) is 6.17 Å². The molecule has 0 spiro atoms. The van der Waals surface area contributed by atoms with Gasteiger partial charge < -0.3 is 10.2 Å². The molecule has 4 aliphatic rings. The predicted molar refractivity (Wildman–Crippen MR) is 99.0 cm³/mol. The highest BCUT2D eigenvalue weighted by Gasteiger charge is 2.66. The van der Waals surface area contributed by atoms with E-state index in [2.05, 4.69) is 0 Å². The Bertz CT molecular complexity index is 816. The largest absolute Gasteiger partial charge is 0.475 e. The lowest BCUT2D eigenvalue weighted by Gasteiger charge is -2.59. The third-order valence-electron chi connectivity index (χ3n) is 8.31. The Morgan fingerprint density at radius 3 is 2.57 bits per heavy atom. The standard InChI is InChI=1S/C22H27FO5/c1-10-6-13-12-8-15(23)14-7-11(24)4-5-21(14,2)18(12)16(25)9-22(13,3)17(10)19(26)20(27)28/h4-5,7,10,12-13,15-18,25H,6,8-9H2,1-3H3,(H,27,28)/t10-,12?,13+,15?,16+,17-,18?,21+,22+/m1/s1. The monoisotopic (exact) mass is 390 g/mol. The molecular formula is C22H27FO5. The summed E-state index contributed by atoms with van der Waals surface area (Å²) in [5.41, 5.74) is -0.969. The summed E-state index contributed by atoms with van der Waals surface area (Å²) in [5, 5.41) is 20.5. The number of aliphatic carboxylic acids is 1. The highest BCUT2D eigenvalue weighted by atomic mass is 19.1. The van der Waals surface area contributed by atoms with Gasteiger partial charge in [0, 0.05) is 17.3 Å². The van der Waals surface area contributed by atoms with Gasteiger partial charge in [0.2, 0.25) is 5.78 Å². The molecule has 2 N–H and O–H groups in total. The van der Waals surface area contributed by atoms with Crippen LogP contribution in [0.1, 0.15) is 40.0 Å². The molecule has 3 saturated carbocycles. The molecule has 0 aromatic heterocycles. The van der Waals surface area contributed by atoms with Gasteiger partial charge in [0.25, 0.3) is 0 Å². The van der Waals surface area contributed by atoms with Crippen LogP contribution in [0, 0.1) is 40.4 Å². The molecule has 0 amide bonds. The Morgan fingerprint density at radius 1 is 1.25 bits per heavy atom. The number of aliphatic hydroxyl groups is 1. The molecule has 28 heavy (non-hydrogen) atoms. The number of Topliss-reactive ketones (excluding diaryl/α,β-unsaturated/α-hetero) is 1. The number of alkyl halides is 1. The van der Waals surface area contributed by atoms with E-state index in [4.69, 9.17) is 0 Å². The number of carbonyl (C=O) groups excluding carboxylic acids is 2. The van der Waals surface area contributed by atoms with Crippen LogP contribution in [-0.2, 0) is 14.4 Å². The van der Waals surface area contributed by atoms with Crippen LogP contribution in [-0.4, -0.2) is 40.0 Å². The summed E-state index contributed by atoms with van der Waals surface area (Å²) in [7, 11) is 0. The Labute approximate surface area is 163 Å². The van der Waals surface area contributed by atoms with Crippen LogP contribution in [0.25, 0.3) is 0 Å². The minimum atomic E-state index is -1.44. The number of carbonyl (C=O) groups is 3. The molecule has 0 aromatic carbocycles. The molecule has 0 saturated heterocycles. The molecule has 0 heterocycles. The lowest BCUT2D eigenvalue weighted by atomic mass is 9.46. The van der Waals surface area contributed by atoms with Crippen LogP contribution in [0.5, 0.6) is 0 Å². The highest BCUT2D eigenvalue weighted by molar-refractivity contribution is 6.33. The molecule has 152 valence electrons. The van der Waals surface area contributed by atoms with E-state index in [0.717, 1.165) is 0 Å². The lowest BCUT2D eigenvalue weighted by Crippen LogP contribution is -2.58. The summed E-state index contributed by atoms with van der Waals surface area (Å²) in [4.78, 5) is 35.7. The fourth-order valence-electron chi connectivity index (χ4n) is 7.39. The average Bonchev–Trinajstić information content (AvgIpc) is 2.85. The number of aliphatic hydroxyl groups excluding tert-OH is 1. The maximum atomic E-state index is 15.2. The molecule has 4 aliphatic carbocycles. The fourth-order valence-corrected chi connectivity index (χ4v) is 7.39. The number of fused-ring (bicyclic) bond motifs is 5. The summed E-state index contributed by atoms with van der Waals surface area (Å²) in [5.74, 6) is -3.72. The average molecular weight is 390 g/mol. The number of carboxylic acid groups (broad SMARTS) is 1. The van der Waals surface area contributed by atoms with Gasteiger partial charge in [-0.3, -0.25) is 9.59 Å². The Balaban J connectivity index is 1.77. The zero-order valence-corrected chi connectivity index (χ0v) is 16.4. The lowest BCUT2D eigenvalue weighted by molar-refractivity contribution is -0.159. The first kappa shape index (κ1) is 19.5. The second-order valence-electron chi connectivity index (χ2n) is 9.75. The van der Waals surface area contributed by atoms with Crippen molar-refractivity contribution in [2.45, 2.75) is 52.3 Å². The summed E-state index contributed by atoms with van der Waals surface area (Å²) in [6, 6.07) is 0. The molecule has 6 heteroatoms. The van der Waals surface area contributed by atoms with Gasteiger partial charge in [-0.25, -0.2) is 9.18 Å². The quantitative estimate of drug-likeness (QED) is 0.708. The third kappa shape index (κ3) is 2.43. The fraction of sp³-hybridized carbons (Fsp3) is 0.682. The summed E-state index contributed by atoms with van der Waals surface area (Å²) in [6.07, 6.45) is 3.65. The first-order chi connectivity index (χ1) is 13.0. The molecular weight excluding hydrogens is 363 g/mol. The minimum Gasteiger partial charge on any atom is -0.475 e. The second kappa shape index (κ2) is 6.09. The van der Waals surface area contributed by atoms with E-state index in [1.165, 1.54) is 12.2 Å². The first-order valence-corrected chi connectivity index (χ1v) is 10.0. The maximum absolute atomic E-state index is 15.2. The van der Waals surface area contributed by atoms with Gasteiger partial charge >= 0.3 is 5.97 Å². The number of ketones is 2. The van der Waals surface area contributed by atoms with Gasteiger partial charge in [0.05, 0.1) is 6.10 Å². The third-order valence-corrected chi connectivity index (χ3v) is 8.31. The van der Waals surface area contributed by atoms with Crippen LogP contribution in [0.3, 0.4) is 0 Å². The molecule has 0 aromatic rings. The Kier molecular flexibility index (Phi) is 4.24. The molecule has 3 unspecified atom stereocenters. The number of hydrogen-bond acceptors (Lipinski definition) is 4. The van der Waals surface area contributed by atoms with Crippen LogP contribution < -0.4 is 0 Å². The van der Waals surface area contributed by atoms with E-state index >= 15 is 4.39 Å². The van der Waals surface area contributed by atoms with Crippen LogP contribution in [0.2, 0.25) is 0 Å². The minimum absolute atomic E-state index is 0.0353. The van der Waals surface area contributed by atoms with Gasteiger partial charge in [0.15, 0.2) is 5.78 Å². The number of hydrogen-bond donors (Lipinski definition) is 2. The van der Waals surface area contributed by atoms with E-state index in [0.29, 0.717) is 18.4 Å². The first-order valence-electron chi connectivity index (χ1n) is 10.0. The maximum Gasteiger partial charge on any atom is 0.372 e. The molecule has 0 bridgehead atoms. The van der Waals surface area contributed by atoms with Crippen molar-refractivity contribution in [1.29, 1.82) is 0 Å². The number of halogens is 1. The van der Waals surface area contributed by atoms with Gasteiger partial charge in [-0.05, 0) is 60.2 Å². The summed E-state index contributed by atoms with van der Waals surface area (Å²) >= 11 is 0. The van der Waals surface area contributed by atoms with Crippen molar-refractivity contribution in [2.24, 2.45) is 40.4 Å². The van der Waals surface area contributed by atoms with E-state index in [1.54, 1.807) is 6.08 Å². The van der Waals surface area contributed by atoms with Crippen molar-refractivity contribution >= 4 is 17.5 Å². The van der Waals surface area contributed by atoms with E-state index in [-0.39, 0.29) is 35.9 Å². The van der Waals surface area contributed by atoms with Crippen molar-refractivity contribution in [3.63, 3.8) is 0 Å². The van der Waals surface area contributed by atoms with Crippen molar-refractivity contribution in [3.05, 3.63) is 23.8 Å². The zero-order chi connectivity index (χ0) is 20.6. The van der Waals surface area contributed by atoms with Crippen molar-refractivity contribution in [2.75, 3.05) is 0 Å². The van der Waals surface area contributed by atoms with E-state index < -0.39 is 40.8 Å². The molecule has 0 radical (unpaired) electrons. The predicted octanol–water partition coefficient (Wildman–Crippen LogP) is 2.73. The molecule has 9 atom stereocenters. The van der Waals surface area contributed by atoms with E-state index in [9.17, 15) is 24.6 Å². The molecule has 0 aliphatic heterocycles. The van der Waals surface area contributed by atoms with Crippen molar-refractivity contribution < 1.29 is 29.0 Å². The highest BCUT2D eigenvalue weighted by Crippen LogP contribution is 2.67. The number of carboxylic acids is 1. The topological polar surface area (TPSA) is 91.7 Å². The van der Waals surface area contributed by atoms with Crippen LogP contribution >= 0.6 is 0 Å². The SMILES string of the molecule is C[C@@H]1C[C@H]2C3CC(F)C4=CC(=O)C=C[C@]4(C)C3[C@@H](O)C[C@]2(C)[C@H]1C(=O)C(=O)O. The molecule has 5 nitrogen and oxygen atoms in total. The van der Waals surface area contributed by atoms with Crippen LogP contribution in [0.4, 0.5) is 4.39 Å².